The van der Waals surface area contributed by atoms with Crippen LogP contribution in [0.15, 0.2) is 35.0 Å². The van der Waals surface area contributed by atoms with E-state index < -0.39 is 0 Å². The fraction of sp³-hybridized carbons (Fsp3) is 0.353. The van der Waals surface area contributed by atoms with Gasteiger partial charge in [0.25, 0.3) is 0 Å². The third kappa shape index (κ3) is 2.88. The topological polar surface area (TPSA) is 63.8 Å². The van der Waals surface area contributed by atoms with Crippen molar-refractivity contribution in [3.05, 3.63) is 36.3 Å². The van der Waals surface area contributed by atoms with Gasteiger partial charge in [-0.2, -0.15) is 0 Å². The smallest absolute Gasteiger partial charge is 0.223 e. The average Bonchev–Trinajstić information content (AvgIpc) is 2.99. The van der Waals surface area contributed by atoms with Crippen molar-refractivity contribution >= 4 is 16.9 Å². The fourth-order valence-electron chi connectivity index (χ4n) is 3.09. The minimum Gasteiger partial charge on any atom is -0.356 e. The zero-order chi connectivity index (χ0) is 15.6. The number of rotatable bonds is 3. The molecule has 118 valence electrons. The lowest BCUT2D eigenvalue weighted by molar-refractivity contribution is 0.458. The maximum Gasteiger partial charge on any atom is 0.223 e. The Labute approximate surface area is 132 Å². The van der Waals surface area contributed by atoms with E-state index in [1.807, 2.05) is 0 Å². The third-order valence-corrected chi connectivity index (χ3v) is 4.27. The van der Waals surface area contributed by atoms with Crippen LogP contribution >= 0.6 is 0 Å². The summed E-state index contributed by atoms with van der Waals surface area (Å²) < 4.78 is 18.7. The van der Waals surface area contributed by atoms with Crippen molar-refractivity contribution in [2.75, 3.05) is 5.32 Å². The summed E-state index contributed by atoms with van der Waals surface area (Å²) in [5.74, 6) is 0.263. The Bertz CT molecular complexity index is 826. The molecule has 1 aliphatic rings. The van der Waals surface area contributed by atoms with Gasteiger partial charge >= 0.3 is 0 Å². The normalized spacial score (nSPS) is 15.9. The van der Waals surface area contributed by atoms with Crippen LogP contribution in [0.1, 0.15) is 32.1 Å². The summed E-state index contributed by atoms with van der Waals surface area (Å²) in [4.78, 5) is 8.81. The van der Waals surface area contributed by atoms with Crippen molar-refractivity contribution in [1.82, 2.24) is 15.1 Å². The van der Waals surface area contributed by atoms with Crippen LogP contribution in [0.2, 0.25) is 0 Å². The van der Waals surface area contributed by atoms with Crippen molar-refractivity contribution in [2.45, 2.75) is 38.1 Å². The summed E-state index contributed by atoms with van der Waals surface area (Å²) in [5, 5.41) is 8.04. The molecule has 0 saturated heterocycles. The van der Waals surface area contributed by atoms with Crippen LogP contribution < -0.4 is 5.32 Å². The van der Waals surface area contributed by atoms with Crippen molar-refractivity contribution in [1.29, 1.82) is 0 Å². The second-order valence-corrected chi connectivity index (χ2v) is 5.92. The molecule has 4 rings (SSSR count). The first-order valence-corrected chi connectivity index (χ1v) is 7.94. The highest BCUT2D eigenvalue weighted by Gasteiger charge is 2.16. The van der Waals surface area contributed by atoms with Crippen LogP contribution in [0.4, 0.5) is 10.3 Å². The number of aromatic nitrogens is 3. The van der Waals surface area contributed by atoms with Crippen LogP contribution in [0.25, 0.3) is 22.4 Å². The van der Waals surface area contributed by atoms with E-state index in [0.717, 1.165) is 12.8 Å². The lowest BCUT2D eigenvalue weighted by atomic mass is 9.96. The monoisotopic (exact) mass is 312 g/mol. The van der Waals surface area contributed by atoms with Crippen LogP contribution in [0.5, 0.6) is 0 Å². The first-order chi connectivity index (χ1) is 11.3. The molecule has 23 heavy (non-hydrogen) atoms. The quantitative estimate of drug-likeness (QED) is 0.786. The van der Waals surface area contributed by atoms with Gasteiger partial charge in [-0.1, -0.05) is 24.4 Å². The second-order valence-electron chi connectivity index (χ2n) is 5.92. The zero-order valence-corrected chi connectivity index (χ0v) is 12.6. The minimum atomic E-state index is -0.323. The largest absolute Gasteiger partial charge is 0.356 e. The van der Waals surface area contributed by atoms with Gasteiger partial charge in [0, 0.05) is 12.2 Å². The van der Waals surface area contributed by atoms with Crippen molar-refractivity contribution in [3.8, 4) is 11.4 Å². The number of nitrogens with one attached hydrogen (secondary N) is 1. The van der Waals surface area contributed by atoms with Gasteiger partial charge in [-0.15, -0.1) is 0 Å². The van der Waals surface area contributed by atoms with Gasteiger partial charge in [-0.05, 0) is 37.1 Å². The molecule has 2 aromatic heterocycles. The molecule has 0 amide bonds. The molecule has 0 aliphatic heterocycles. The van der Waals surface area contributed by atoms with Crippen LogP contribution in [-0.2, 0) is 0 Å². The number of benzene rings is 1. The Hall–Kier alpha value is -2.50. The van der Waals surface area contributed by atoms with Crippen LogP contribution in [-0.4, -0.2) is 21.2 Å². The Balaban J connectivity index is 1.65. The Morgan fingerprint density at radius 3 is 2.87 bits per heavy atom. The molecule has 1 N–H and O–H groups in total. The molecular weight excluding hydrogens is 295 g/mol. The predicted molar refractivity (Wildman–Crippen MR) is 85.5 cm³/mol. The first kappa shape index (κ1) is 14.1. The van der Waals surface area contributed by atoms with E-state index >= 15 is 0 Å². The van der Waals surface area contributed by atoms with Crippen molar-refractivity contribution < 1.29 is 8.91 Å². The van der Waals surface area contributed by atoms with E-state index in [1.165, 1.54) is 31.4 Å². The SMILES string of the molecule is Fc1ccc2onc(-c3ccnc(NC4CCCCC4)n3)c2c1. The maximum atomic E-state index is 13.5. The van der Waals surface area contributed by atoms with E-state index in [9.17, 15) is 4.39 Å². The molecule has 0 spiro atoms. The molecule has 0 unspecified atom stereocenters. The molecule has 1 fully saturated rings. The van der Waals surface area contributed by atoms with Gasteiger partial charge in [0.2, 0.25) is 5.95 Å². The third-order valence-electron chi connectivity index (χ3n) is 4.27. The molecule has 3 aromatic rings. The summed E-state index contributed by atoms with van der Waals surface area (Å²) in [6.45, 7) is 0. The standard InChI is InChI=1S/C17H17FN4O/c18-11-6-7-15-13(10-11)16(22-23-15)14-8-9-19-17(21-14)20-12-4-2-1-3-5-12/h6-10,12H,1-5H2,(H,19,20,21). The molecule has 0 radical (unpaired) electrons. The first-order valence-electron chi connectivity index (χ1n) is 7.94. The second kappa shape index (κ2) is 5.95. The molecule has 1 saturated carbocycles. The molecule has 0 atom stereocenters. The van der Waals surface area contributed by atoms with Gasteiger partial charge in [-0.3, -0.25) is 0 Å². The molecular formula is C17H17FN4O. The maximum absolute atomic E-state index is 13.5. The number of hydrogen-bond donors (Lipinski definition) is 1. The summed E-state index contributed by atoms with van der Waals surface area (Å²) in [7, 11) is 0. The lowest BCUT2D eigenvalue weighted by Gasteiger charge is -2.22. The van der Waals surface area contributed by atoms with Gasteiger partial charge in [0.05, 0.1) is 11.1 Å². The molecule has 0 bridgehead atoms. The molecule has 1 aromatic carbocycles. The fourth-order valence-corrected chi connectivity index (χ4v) is 3.09. The van der Waals surface area contributed by atoms with Crippen LogP contribution in [0, 0.1) is 5.82 Å². The average molecular weight is 312 g/mol. The highest BCUT2D eigenvalue weighted by Crippen LogP contribution is 2.28. The van der Waals surface area contributed by atoms with Crippen molar-refractivity contribution in [3.63, 3.8) is 0 Å². The van der Waals surface area contributed by atoms with Gasteiger partial charge in [-0.25, -0.2) is 14.4 Å². The summed E-state index contributed by atoms with van der Waals surface area (Å²) in [6.07, 6.45) is 7.76. The summed E-state index contributed by atoms with van der Waals surface area (Å²) in [6, 6.07) is 6.52. The molecule has 6 heteroatoms. The highest BCUT2D eigenvalue weighted by molar-refractivity contribution is 5.90. The summed E-state index contributed by atoms with van der Waals surface area (Å²) in [5.41, 5.74) is 1.71. The molecule has 5 nitrogen and oxygen atoms in total. The Morgan fingerprint density at radius 2 is 2.00 bits per heavy atom. The summed E-state index contributed by atoms with van der Waals surface area (Å²) >= 11 is 0. The predicted octanol–water partition coefficient (Wildman–Crippen LogP) is 4.17. The van der Waals surface area contributed by atoms with E-state index in [0.29, 0.717) is 34.3 Å². The number of halogens is 1. The number of nitrogens with zero attached hydrogens (tertiary/aromatic N) is 3. The molecule has 2 heterocycles. The number of anilines is 1. The lowest BCUT2D eigenvalue weighted by Crippen LogP contribution is -2.23. The van der Waals surface area contributed by atoms with Gasteiger partial charge in [0.15, 0.2) is 5.58 Å². The van der Waals surface area contributed by atoms with E-state index in [4.69, 9.17) is 4.52 Å². The number of fused-ring (bicyclic) bond motifs is 1. The van der Waals surface area contributed by atoms with Gasteiger partial charge < -0.3 is 9.84 Å². The van der Waals surface area contributed by atoms with E-state index in [2.05, 4.69) is 20.4 Å². The Morgan fingerprint density at radius 1 is 1.13 bits per heavy atom. The molecule has 1 aliphatic carbocycles. The van der Waals surface area contributed by atoms with Crippen molar-refractivity contribution in [2.24, 2.45) is 0 Å². The highest BCUT2D eigenvalue weighted by atomic mass is 19.1. The number of hydrogen-bond acceptors (Lipinski definition) is 5. The zero-order valence-electron chi connectivity index (χ0n) is 12.6. The van der Waals surface area contributed by atoms with E-state index in [-0.39, 0.29) is 5.82 Å². The van der Waals surface area contributed by atoms with E-state index in [1.54, 1.807) is 18.3 Å². The van der Waals surface area contributed by atoms with Crippen LogP contribution in [0.3, 0.4) is 0 Å². The minimum absolute atomic E-state index is 0.323. The Kier molecular flexibility index (Phi) is 3.65. The van der Waals surface area contributed by atoms with Gasteiger partial charge in [0.1, 0.15) is 11.5 Å².